The van der Waals surface area contributed by atoms with E-state index in [0.29, 0.717) is 0 Å². The molecule has 0 atom stereocenters. The Bertz CT molecular complexity index is 6.85. The van der Waals surface area contributed by atoms with E-state index in [1.807, 2.05) is 0 Å². The van der Waals surface area contributed by atoms with E-state index in [0.717, 1.165) is 0 Å². The van der Waals surface area contributed by atoms with Crippen LogP contribution in [0.25, 0.3) is 0 Å². The van der Waals surface area contributed by atoms with Gasteiger partial charge in [-0.05, 0) is 0 Å². The van der Waals surface area contributed by atoms with Gasteiger partial charge in [0.15, 0.2) is 0 Å². The van der Waals surface area contributed by atoms with Crippen LogP contribution in [0.5, 0.6) is 0 Å². The predicted octanol–water partition coefficient (Wildman–Crippen LogP) is -2.86. The van der Waals surface area contributed by atoms with Crippen LogP contribution in [0.1, 0.15) is 0 Å². The summed E-state index contributed by atoms with van der Waals surface area (Å²) in [6.07, 6.45) is 0. The molecule has 0 aliphatic carbocycles. The molecule has 0 saturated heterocycles. The number of rotatable bonds is 0. The number of hydrogen-bond acceptors (Lipinski definition) is 0. The minimum absolute atomic E-state index is 0. The number of hydrogen-bond donors (Lipinski definition) is 0. The molecule has 0 aliphatic heterocycles. The second-order valence-corrected chi connectivity index (χ2v) is 0. The van der Waals surface area contributed by atoms with E-state index in [-0.39, 0.29) is 59.4 Å². The third-order valence-corrected chi connectivity index (χ3v) is 0. The first kappa shape index (κ1) is 108. The minimum Gasteiger partial charge on any atom is -0.412 e. The maximum atomic E-state index is 0. The van der Waals surface area contributed by atoms with Crippen LogP contribution in [0.3, 0.4) is 0 Å². The van der Waals surface area contributed by atoms with Gasteiger partial charge in [0.05, 0.1) is 0 Å². The molecule has 0 rings (SSSR count). The normalized spacial score (nSPS) is 0. The molecule has 0 saturated carbocycles. The van der Waals surface area contributed by atoms with E-state index >= 15 is 0 Å². The summed E-state index contributed by atoms with van der Waals surface area (Å²) in [4.78, 5) is 0. The van der Waals surface area contributed by atoms with E-state index in [2.05, 4.69) is 0 Å². The summed E-state index contributed by atoms with van der Waals surface area (Å²) in [5, 5.41) is 0. The maximum Gasteiger partial charge on any atom is 0 e. The molecule has 5 heavy (non-hydrogen) atoms. The van der Waals surface area contributed by atoms with E-state index < -0.39 is 0 Å². The summed E-state index contributed by atoms with van der Waals surface area (Å²) in [7, 11) is 0. The molecule has 0 unspecified atom stereocenters. The quantitative estimate of drug-likeness (QED) is 0.429. The van der Waals surface area contributed by atoms with Crippen LogP contribution < -0.4 is 0 Å². The first-order valence-corrected chi connectivity index (χ1v) is 0. The second kappa shape index (κ2) is 59.6. The second-order valence-electron chi connectivity index (χ2n) is 0. The van der Waals surface area contributed by atoms with Gasteiger partial charge in [-0.1, -0.05) is 0 Å². The monoisotopic (exact) mass is 322 g/mol. The van der Waals surface area contributed by atoms with Gasteiger partial charge in [-0.2, -0.15) is 0 Å². The van der Waals surface area contributed by atoms with Crippen molar-refractivity contribution >= 4 is 26.2 Å². The predicted molar refractivity (Wildman–Crippen MR) is 16.6 cm³/mol. The average Bonchev–Trinajstić information content (AvgIpc) is 0. The van der Waals surface area contributed by atoms with Crippen molar-refractivity contribution in [1.82, 2.24) is 0 Å². The SMILES string of the molecule is O.O.O.[Bi].[Co]. The van der Waals surface area contributed by atoms with E-state index in [4.69, 9.17) is 0 Å². The molecule has 0 amide bonds. The Morgan fingerprint density at radius 2 is 0.600 bits per heavy atom. The fourth-order valence-electron chi connectivity index (χ4n) is 0. The Balaban J connectivity index is 0. The third kappa shape index (κ3) is 34.9. The van der Waals surface area contributed by atoms with Crippen molar-refractivity contribution in [3.05, 3.63) is 0 Å². The van der Waals surface area contributed by atoms with Gasteiger partial charge in [0.25, 0.3) is 0 Å². The van der Waals surface area contributed by atoms with Crippen LogP contribution in [-0.2, 0) is 16.8 Å². The van der Waals surface area contributed by atoms with E-state index in [1.54, 1.807) is 0 Å². The van der Waals surface area contributed by atoms with Crippen molar-refractivity contribution in [3.8, 4) is 0 Å². The van der Waals surface area contributed by atoms with Crippen molar-refractivity contribution in [2.75, 3.05) is 0 Å². The van der Waals surface area contributed by atoms with Crippen molar-refractivity contribution in [3.63, 3.8) is 0 Å². The summed E-state index contributed by atoms with van der Waals surface area (Å²) in [6.45, 7) is 0. The molecule has 4 radical (unpaired) electrons. The smallest absolute Gasteiger partial charge is 0 e. The van der Waals surface area contributed by atoms with Crippen molar-refractivity contribution < 1.29 is 33.2 Å². The Labute approximate surface area is 59.4 Å². The Morgan fingerprint density at radius 3 is 0.600 bits per heavy atom. The van der Waals surface area contributed by atoms with Crippen molar-refractivity contribution in [2.45, 2.75) is 0 Å². The van der Waals surface area contributed by atoms with Gasteiger partial charge in [-0.3, -0.25) is 0 Å². The van der Waals surface area contributed by atoms with Crippen LogP contribution in [0.2, 0.25) is 0 Å². The van der Waals surface area contributed by atoms with Crippen LogP contribution in [-0.4, -0.2) is 42.6 Å². The Morgan fingerprint density at radius 1 is 0.600 bits per heavy atom. The van der Waals surface area contributed by atoms with Crippen LogP contribution in [0, 0.1) is 0 Å². The maximum absolute atomic E-state index is 0. The minimum atomic E-state index is 0. The fourth-order valence-corrected chi connectivity index (χ4v) is 0. The molecular formula is H6BiCoO3. The summed E-state index contributed by atoms with van der Waals surface area (Å²) in [6, 6.07) is 0. The topological polar surface area (TPSA) is 94.5 Å². The van der Waals surface area contributed by atoms with Gasteiger partial charge >= 0.3 is 0 Å². The molecule has 6 N–H and O–H groups in total. The molecule has 0 spiro atoms. The zero-order chi connectivity index (χ0) is 0. The summed E-state index contributed by atoms with van der Waals surface area (Å²) >= 11 is 0. The van der Waals surface area contributed by atoms with Gasteiger partial charge in [-0.25, -0.2) is 0 Å². The first-order valence-electron chi connectivity index (χ1n) is 0. The van der Waals surface area contributed by atoms with E-state index in [9.17, 15) is 0 Å². The standard InChI is InChI=1S/Bi.Co.3H2O/h;;3*1H2. The Hall–Kier alpha value is 1.27. The zero-order valence-electron chi connectivity index (χ0n) is 2.28. The van der Waals surface area contributed by atoms with Crippen LogP contribution in [0.4, 0.5) is 0 Å². The van der Waals surface area contributed by atoms with Gasteiger partial charge in [-0.15, -0.1) is 0 Å². The molecule has 5 heteroatoms. The van der Waals surface area contributed by atoms with Crippen molar-refractivity contribution in [1.29, 1.82) is 0 Å². The fraction of sp³-hybridized carbons (Fsp3) is 0. The Kier molecular flexibility index (Phi) is 1290. The molecule has 0 bridgehead atoms. The van der Waals surface area contributed by atoms with Gasteiger partial charge in [0.2, 0.25) is 0 Å². The van der Waals surface area contributed by atoms with Crippen LogP contribution >= 0.6 is 0 Å². The third-order valence-electron chi connectivity index (χ3n) is 0. The molecule has 0 fully saturated rings. The molecule has 38 valence electrons. The molecular weight excluding hydrogens is 316 g/mol. The molecule has 0 aromatic carbocycles. The molecule has 0 aromatic rings. The zero-order valence-corrected chi connectivity index (χ0v) is 6.80. The van der Waals surface area contributed by atoms with E-state index in [1.165, 1.54) is 0 Å². The molecule has 0 aromatic heterocycles. The molecule has 0 aliphatic rings. The largest absolute Gasteiger partial charge is 0.412 e. The first-order chi connectivity index (χ1) is 0. The molecule has 0 heterocycles. The molecule has 3 nitrogen and oxygen atoms in total. The summed E-state index contributed by atoms with van der Waals surface area (Å²) < 4.78 is 0. The van der Waals surface area contributed by atoms with Gasteiger partial charge in [0, 0.05) is 43.0 Å². The van der Waals surface area contributed by atoms with Crippen LogP contribution in [0.15, 0.2) is 0 Å². The summed E-state index contributed by atoms with van der Waals surface area (Å²) in [5.74, 6) is 0. The van der Waals surface area contributed by atoms with Gasteiger partial charge < -0.3 is 16.4 Å². The summed E-state index contributed by atoms with van der Waals surface area (Å²) in [5.41, 5.74) is 0. The van der Waals surface area contributed by atoms with Gasteiger partial charge in [0.1, 0.15) is 0 Å². The van der Waals surface area contributed by atoms with Crippen molar-refractivity contribution in [2.24, 2.45) is 0 Å². The average molecular weight is 322 g/mol.